The normalized spacial score (nSPS) is 22.1. The summed E-state index contributed by atoms with van der Waals surface area (Å²) < 4.78 is 0. The van der Waals surface area contributed by atoms with Crippen molar-refractivity contribution in [2.45, 2.75) is 31.2 Å². The van der Waals surface area contributed by atoms with Gasteiger partial charge in [0.25, 0.3) is 0 Å². The molecule has 1 saturated heterocycles. The van der Waals surface area contributed by atoms with E-state index in [0.717, 1.165) is 11.8 Å². The highest BCUT2D eigenvalue weighted by Crippen LogP contribution is 2.31. The lowest BCUT2D eigenvalue weighted by Gasteiger charge is -2.27. The van der Waals surface area contributed by atoms with Crippen LogP contribution in [0.3, 0.4) is 0 Å². The van der Waals surface area contributed by atoms with Crippen LogP contribution in [0.1, 0.15) is 31.9 Å². The zero-order valence-corrected chi connectivity index (χ0v) is 13.1. The first kappa shape index (κ1) is 14.9. The van der Waals surface area contributed by atoms with Crippen LogP contribution in [0.2, 0.25) is 0 Å². The molecule has 2 nitrogen and oxygen atoms in total. The van der Waals surface area contributed by atoms with E-state index in [1.165, 1.54) is 30.0 Å². The Kier molecular flexibility index (Phi) is 5.31. The van der Waals surface area contributed by atoms with Crippen molar-refractivity contribution in [1.29, 1.82) is 0 Å². The lowest BCUT2D eigenvalue weighted by Crippen LogP contribution is -2.32. The van der Waals surface area contributed by atoms with Crippen molar-refractivity contribution < 1.29 is 0 Å². The summed E-state index contributed by atoms with van der Waals surface area (Å²) in [6.07, 6.45) is 3.43. The number of likely N-dealkylation sites (tertiary alicyclic amines) is 1. The SMILES string of the molecule is CSc1ccc(C(CN)N2CCC(C(C)C)C2)cc1. The molecule has 1 aliphatic heterocycles. The first-order chi connectivity index (χ1) is 9.15. The van der Waals surface area contributed by atoms with Crippen molar-refractivity contribution in [3.8, 4) is 0 Å². The van der Waals surface area contributed by atoms with Gasteiger partial charge in [-0.25, -0.2) is 0 Å². The molecular formula is C16H26N2S. The minimum Gasteiger partial charge on any atom is -0.329 e. The highest BCUT2D eigenvalue weighted by atomic mass is 32.2. The highest BCUT2D eigenvalue weighted by Gasteiger charge is 2.29. The summed E-state index contributed by atoms with van der Waals surface area (Å²) in [4.78, 5) is 3.89. The number of nitrogens with two attached hydrogens (primary N) is 1. The second kappa shape index (κ2) is 6.78. The summed E-state index contributed by atoms with van der Waals surface area (Å²) in [5.74, 6) is 1.61. The molecular weight excluding hydrogens is 252 g/mol. The molecule has 1 aromatic carbocycles. The van der Waals surface area contributed by atoms with Crippen molar-refractivity contribution in [1.82, 2.24) is 4.90 Å². The van der Waals surface area contributed by atoms with Crippen LogP contribution < -0.4 is 5.73 Å². The van der Waals surface area contributed by atoms with E-state index in [2.05, 4.69) is 49.3 Å². The molecule has 2 rings (SSSR count). The topological polar surface area (TPSA) is 29.3 Å². The van der Waals surface area contributed by atoms with E-state index in [4.69, 9.17) is 5.73 Å². The smallest absolute Gasteiger partial charge is 0.0470 e. The van der Waals surface area contributed by atoms with Gasteiger partial charge in [0.1, 0.15) is 0 Å². The maximum absolute atomic E-state index is 6.03. The Balaban J connectivity index is 2.07. The average molecular weight is 278 g/mol. The van der Waals surface area contributed by atoms with Gasteiger partial charge in [0, 0.05) is 24.0 Å². The molecule has 0 spiro atoms. The number of rotatable bonds is 5. The Labute approximate surface area is 121 Å². The van der Waals surface area contributed by atoms with Crippen LogP contribution >= 0.6 is 11.8 Å². The number of hydrogen-bond donors (Lipinski definition) is 1. The van der Waals surface area contributed by atoms with Gasteiger partial charge in [-0.15, -0.1) is 11.8 Å². The van der Waals surface area contributed by atoms with Crippen LogP contribution in [-0.4, -0.2) is 30.8 Å². The molecule has 1 heterocycles. The Morgan fingerprint density at radius 3 is 2.47 bits per heavy atom. The number of hydrogen-bond acceptors (Lipinski definition) is 3. The monoisotopic (exact) mass is 278 g/mol. The van der Waals surface area contributed by atoms with Crippen LogP contribution in [0.4, 0.5) is 0 Å². The third-order valence-corrected chi connectivity index (χ3v) is 5.11. The van der Waals surface area contributed by atoms with Gasteiger partial charge in [-0.05, 0) is 48.8 Å². The fourth-order valence-corrected chi connectivity index (χ4v) is 3.37. The van der Waals surface area contributed by atoms with Gasteiger partial charge in [0.05, 0.1) is 0 Å². The summed E-state index contributed by atoms with van der Waals surface area (Å²) in [5, 5.41) is 0. The van der Waals surface area contributed by atoms with Gasteiger partial charge in [0.2, 0.25) is 0 Å². The Morgan fingerprint density at radius 2 is 2.00 bits per heavy atom. The molecule has 1 fully saturated rings. The first-order valence-corrected chi connectivity index (χ1v) is 8.46. The minimum absolute atomic E-state index is 0.389. The average Bonchev–Trinajstić information content (AvgIpc) is 2.90. The lowest BCUT2D eigenvalue weighted by atomic mass is 9.95. The summed E-state index contributed by atoms with van der Waals surface area (Å²) in [5.41, 5.74) is 7.40. The second-order valence-electron chi connectivity index (χ2n) is 5.81. The third kappa shape index (κ3) is 3.53. The molecule has 0 saturated carbocycles. The van der Waals surface area contributed by atoms with Crippen LogP contribution in [0, 0.1) is 11.8 Å². The van der Waals surface area contributed by atoms with Gasteiger partial charge < -0.3 is 5.73 Å². The van der Waals surface area contributed by atoms with Crippen molar-refractivity contribution in [2.75, 3.05) is 25.9 Å². The van der Waals surface area contributed by atoms with Crippen LogP contribution in [0.5, 0.6) is 0 Å². The van der Waals surface area contributed by atoms with Gasteiger partial charge in [-0.3, -0.25) is 4.90 Å². The molecule has 2 N–H and O–H groups in total. The highest BCUT2D eigenvalue weighted by molar-refractivity contribution is 7.98. The maximum Gasteiger partial charge on any atom is 0.0470 e. The molecule has 0 aromatic heterocycles. The molecule has 0 bridgehead atoms. The lowest BCUT2D eigenvalue weighted by molar-refractivity contribution is 0.232. The predicted molar refractivity (Wildman–Crippen MR) is 84.5 cm³/mol. The van der Waals surface area contributed by atoms with Crippen molar-refractivity contribution in [3.63, 3.8) is 0 Å². The zero-order valence-electron chi connectivity index (χ0n) is 12.3. The standard InChI is InChI=1S/C16H26N2S/c1-12(2)14-8-9-18(11-14)16(10-17)13-4-6-15(19-3)7-5-13/h4-7,12,14,16H,8-11,17H2,1-3H3. The van der Waals surface area contributed by atoms with E-state index >= 15 is 0 Å². The van der Waals surface area contributed by atoms with E-state index in [9.17, 15) is 0 Å². The van der Waals surface area contributed by atoms with Crippen LogP contribution in [-0.2, 0) is 0 Å². The quantitative estimate of drug-likeness (QED) is 0.837. The Hall–Kier alpha value is -0.510. The molecule has 1 aromatic rings. The Bertz CT molecular complexity index is 388. The van der Waals surface area contributed by atoms with Gasteiger partial charge >= 0.3 is 0 Å². The molecule has 0 amide bonds. The molecule has 106 valence electrons. The molecule has 19 heavy (non-hydrogen) atoms. The molecule has 3 heteroatoms. The molecule has 0 radical (unpaired) electrons. The largest absolute Gasteiger partial charge is 0.329 e. The number of nitrogens with zero attached hydrogens (tertiary/aromatic N) is 1. The van der Waals surface area contributed by atoms with Gasteiger partial charge in [-0.2, -0.15) is 0 Å². The van der Waals surface area contributed by atoms with E-state index < -0.39 is 0 Å². The van der Waals surface area contributed by atoms with E-state index in [-0.39, 0.29) is 0 Å². The van der Waals surface area contributed by atoms with Crippen molar-refractivity contribution in [2.24, 2.45) is 17.6 Å². The third-order valence-electron chi connectivity index (χ3n) is 4.36. The summed E-state index contributed by atoms with van der Waals surface area (Å²) in [6.45, 7) is 7.76. The summed E-state index contributed by atoms with van der Waals surface area (Å²) >= 11 is 1.79. The maximum atomic E-state index is 6.03. The van der Waals surface area contributed by atoms with Crippen molar-refractivity contribution >= 4 is 11.8 Å². The fourth-order valence-electron chi connectivity index (χ4n) is 2.96. The molecule has 0 aliphatic carbocycles. The fraction of sp³-hybridized carbons (Fsp3) is 0.625. The van der Waals surface area contributed by atoms with Gasteiger partial charge in [-0.1, -0.05) is 26.0 Å². The molecule has 1 aliphatic rings. The number of benzene rings is 1. The minimum atomic E-state index is 0.389. The number of thioether (sulfide) groups is 1. The van der Waals surface area contributed by atoms with Crippen LogP contribution in [0.25, 0.3) is 0 Å². The second-order valence-corrected chi connectivity index (χ2v) is 6.69. The van der Waals surface area contributed by atoms with E-state index in [0.29, 0.717) is 12.6 Å². The summed E-state index contributed by atoms with van der Waals surface area (Å²) in [7, 11) is 0. The predicted octanol–water partition coefficient (Wildman–Crippen LogP) is 3.39. The summed E-state index contributed by atoms with van der Waals surface area (Å²) in [6, 6.07) is 9.29. The Morgan fingerprint density at radius 1 is 1.32 bits per heavy atom. The van der Waals surface area contributed by atoms with Crippen LogP contribution in [0.15, 0.2) is 29.2 Å². The first-order valence-electron chi connectivity index (χ1n) is 7.23. The van der Waals surface area contributed by atoms with Crippen molar-refractivity contribution in [3.05, 3.63) is 29.8 Å². The van der Waals surface area contributed by atoms with E-state index in [1.807, 2.05) is 0 Å². The molecule has 2 unspecified atom stereocenters. The zero-order chi connectivity index (χ0) is 13.8. The van der Waals surface area contributed by atoms with Gasteiger partial charge in [0.15, 0.2) is 0 Å². The van der Waals surface area contributed by atoms with E-state index in [1.54, 1.807) is 11.8 Å². The molecule has 2 atom stereocenters.